The predicted octanol–water partition coefficient (Wildman–Crippen LogP) is 4.92. The lowest BCUT2D eigenvalue weighted by molar-refractivity contribution is 0.270. The maximum absolute atomic E-state index is 4.12. The Kier molecular flexibility index (Phi) is 8.75. The van der Waals surface area contributed by atoms with E-state index in [1.807, 2.05) is 0 Å². The van der Waals surface area contributed by atoms with Crippen LogP contribution < -0.4 is 0 Å². The Labute approximate surface area is 115 Å². The second kappa shape index (κ2) is 9.83. The quantitative estimate of drug-likeness (QED) is 0.438. The molecular formula is C17H34N. The first-order valence-corrected chi connectivity index (χ1v) is 8.24. The molecule has 1 rings (SSSR count). The summed E-state index contributed by atoms with van der Waals surface area (Å²) in [5, 5.41) is 0. The summed E-state index contributed by atoms with van der Waals surface area (Å²) in [6.07, 6.45) is 13.9. The maximum atomic E-state index is 4.12. The molecule has 1 saturated carbocycles. The Morgan fingerprint density at radius 3 is 2.44 bits per heavy atom. The fraction of sp³-hybridized carbons (Fsp3) is 0.941. The molecule has 0 bridgehead atoms. The van der Waals surface area contributed by atoms with Gasteiger partial charge in [-0.1, -0.05) is 58.8 Å². The first-order chi connectivity index (χ1) is 8.76. The molecule has 0 amide bonds. The van der Waals surface area contributed by atoms with Crippen molar-refractivity contribution in [2.75, 3.05) is 20.1 Å². The van der Waals surface area contributed by atoms with E-state index in [2.05, 4.69) is 25.8 Å². The Hall–Kier alpha value is -0.0400. The van der Waals surface area contributed by atoms with Crippen LogP contribution in [0.1, 0.15) is 71.1 Å². The molecule has 0 saturated heterocycles. The Bertz CT molecular complexity index is 190. The monoisotopic (exact) mass is 252 g/mol. The van der Waals surface area contributed by atoms with E-state index in [4.69, 9.17) is 0 Å². The van der Waals surface area contributed by atoms with Gasteiger partial charge < -0.3 is 4.90 Å². The van der Waals surface area contributed by atoms with Crippen molar-refractivity contribution in [2.45, 2.75) is 71.1 Å². The molecule has 0 spiro atoms. The van der Waals surface area contributed by atoms with Gasteiger partial charge in [0.05, 0.1) is 0 Å². The van der Waals surface area contributed by atoms with Gasteiger partial charge in [0.1, 0.15) is 0 Å². The number of unbranched alkanes of at least 4 members (excludes halogenated alkanes) is 2. The van der Waals surface area contributed by atoms with Gasteiger partial charge in [0.15, 0.2) is 0 Å². The van der Waals surface area contributed by atoms with E-state index in [1.54, 1.807) is 0 Å². The molecule has 18 heavy (non-hydrogen) atoms. The summed E-state index contributed by atoms with van der Waals surface area (Å²) in [6, 6.07) is 0. The van der Waals surface area contributed by atoms with Crippen molar-refractivity contribution in [3.8, 4) is 0 Å². The van der Waals surface area contributed by atoms with Crippen LogP contribution in [0.25, 0.3) is 0 Å². The van der Waals surface area contributed by atoms with E-state index in [-0.39, 0.29) is 0 Å². The fourth-order valence-corrected chi connectivity index (χ4v) is 3.24. The zero-order valence-electron chi connectivity index (χ0n) is 12.8. The van der Waals surface area contributed by atoms with E-state index >= 15 is 0 Å². The van der Waals surface area contributed by atoms with Gasteiger partial charge >= 0.3 is 0 Å². The van der Waals surface area contributed by atoms with Gasteiger partial charge in [0, 0.05) is 0 Å². The molecule has 2 unspecified atom stereocenters. The van der Waals surface area contributed by atoms with Gasteiger partial charge in [-0.05, 0) is 51.2 Å². The molecule has 0 aromatic heterocycles. The average Bonchev–Trinajstić information content (AvgIpc) is 2.61. The molecule has 0 heterocycles. The van der Waals surface area contributed by atoms with Crippen LogP contribution >= 0.6 is 0 Å². The summed E-state index contributed by atoms with van der Waals surface area (Å²) < 4.78 is 0. The molecule has 0 aromatic carbocycles. The largest absolute Gasteiger partial charge is 0.306 e. The van der Waals surface area contributed by atoms with Crippen LogP contribution in [-0.2, 0) is 0 Å². The second-order valence-corrected chi connectivity index (χ2v) is 6.34. The van der Waals surface area contributed by atoms with Gasteiger partial charge in [-0.25, -0.2) is 0 Å². The minimum absolute atomic E-state index is 0.919. The predicted molar refractivity (Wildman–Crippen MR) is 81.7 cm³/mol. The minimum atomic E-state index is 0.919. The molecule has 0 N–H and O–H groups in total. The molecule has 1 aliphatic carbocycles. The zero-order valence-corrected chi connectivity index (χ0v) is 12.8. The van der Waals surface area contributed by atoms with Crippen molar-refractivity contribution < 1.29 is 0 Å². The highest BCUT2D eigenvalue weighted by molar-refractivity contribution is 4.73. The van der Waals surface area contributed by atoms with Crippen LogP contribution in [-0.4, -0.2) is 25.0 Å². The third-order valence-corrected chi connectivity index (χ3v) is 4.61. The van der Waals surface area contributed by atoms with E-state index < -0.39 is 0 Å². The summed E-state index contributed by atoms with van der Waals surface area (Å²) in [7, 11) is 2.30. The van der Waals surface area contributed by atoms with Crippen LogP contribution in [0.5, 0.6) is 0 Å². The molecule has 1 radical (unpaired) electrons. The second-order valence-electron chi connectivity index (χ2n) is 6.34. The molecule has 0 aliphatic heterocycles. The Morgan fingerprint density at radius 2 is 1.78 bits per heavy atom. The highest BCUT2D eigenvalue weighted by Crippen LogP contribution is 2.31. The highest BCUT2D eigenvalue weighted by Gasteiger charge is 2.19. The first kappa shape index (κ1) is 16.0. The first-order valence-electron chi connectivity index (χ1n) is 8.24. The Balaban J connectivity index is 2.16. The van der Waals surface area contributed by atoms with Crippen molar-refractivity contribution in [3.05, 3.63) is 6.92 Å². The van der Waals surface area contributed by atoms with Crippen molar-refractivity contribution >= 4 is 0 Å². The number of nitrogens with zero attached hydrogens (tertiary/aromatic N) is 1. The SMILES string of the molecule is [CH2]CC1CCCCC(CCN(C)CCCCC)C1. The van der Waals surface area contributed by atoms with Crippen molar-refractivity contribution in [3.63, 3.8) is 0 Å². The third kappa shape index (κ3) is 6.78. The zero-order chi connectivity index (χ0) is 13.2. The van der Waals surface area contributed by atoms with Gasteiger partial charge in [-0.3, -0.25) is 0 Å². The highest BCUT2D eigenvalue weighted by atomic mass is 15.1. The van der Waals surface area contributed by atoms with Crippen LogP contribution in [0.15, 0.2) is 0 Å². The van der Waals surface area contributed by atoms with E-state index in [0.717, 1.165) is 18.3 Å². The molecule has 1 nitrogen and oxygen atoms in total. The third-order valence-electron chi connectivity index (χ3n) is 4.61. The summed E-state index contributed by atoms with van der Waals surface area (Å²) >= 11 is 0. The summed E-state index contributed by atoms with van der Waals surface area (Å²) in [6.45, 7) is 9.00. The van der Waals surface area contributed by atoms with Crippen LogP contribution in [0.2, 0.25) is 0 Å². The number of hydrogen-bond donors (Lipinski definition) is 0. The van der Waals surface area contributed by atoms with Gasteiger partial charge in [-0.15, -0.1) is 0 Å². The minimum Gasteiger partial charge on any atom is -0.306 e. The molecular weight excluding hydrogens is 218 g/mol. The molecule has 1 heteroatoms. The summed E-state index contributed by atoms with van der Waals surface area (Å²) in [5.41, 5.74) is 0. The molecule has 0 aromatic rings. The van der Waals surface area contributed by atoms with Crippen molar-refractivity contribution in [1.29, 1.82) is 0 Å². The fourth-order valence-electron chi connectivity index (χ4n) is 3.24. The standard InChI is InChI=1S/C17H34N/c1-4-6-9-13-18(3)14-12-17-11-8-7-10-16(5-2)15-17/h16-17H,2,4-15H2,1,3H3. The maximum Gasteiger partial charge on any atom is -0.00191 e. The normalized spacial score (nSPS) is 25.3. The summed E-state index contributed by atoms with van der Waals surface area (Å²) in [4.78, 5) is 2.54. The van der Waals surface area contributed by atoms with E-state index in [9.17, 15) is 0 Å². The van der Waals surface area contributed by atoms with Gasteiger partial charge in [0.2, 0.25) is 0 Å². The van der Waals surface area contributed by atoms with Crippen molar-refractivity contribution in [1.82, 2.24) is 4.90 Å². The van der Waals surface area contributed by atoms with Gasteiger partial charge in [-0.2, -0.15) is 0 Å². The number of rotatable bonds is 8. The number of hydrogen-bond acceptors (Lipinski definition) is 1. The van der Waals surface area contributed by atoms with E-state index in [0.29, 0.717) is 0 Å². The average molecular weight is 252 g/mol. The molecule has 2 atom stereocenters. The lowest BCUT2D eigenvalue weighted by atomic mass is 9.89. The Morgan fingerprint density at radius 1 is 1.06 bits per heavy atom. The molecule has 107 valence electrons. The van der Waals surface area contributed by atoms with Crippen molar-refractivity contribution in [2.24, 2.45) is 11.8 Å². The van der Waals surface area contributed by atoms with Crippen LogP contribution in [0, 0.1) is 18.8 Å². The summed E-state index contributed by atoms with van der Waals surface area (Å²) in [5.74, 6) is 1.90. The molecule has 1 fully saturated rings. The molecule has 1 aliphatic rings. The van der Waals surface area contributed by atoms with Crippen LogP contribution in [0.3, 0.4) is 0 Å². The van der Waals surface area contributed by atoms with Gasteiger partial charge in [0.25, 0.3) is 0 Å². The lowest BCUT2D eigenvalue weighted by Gasteiger charge is -2.22. The van der Waals surface area contributed by atoms with E-state index in [1.165, 1.54) is 70.9 Å². The van der Waals surface area contributed by atoms with Crippen LogP contribution in [0.4, 0.5) is 0 Å². The topological polar surface area (TPSA) is 3.24 Å². The lowest BCUT2D eigenvalue weighted by Crippen LogP contribution is -2.23. The smallest absolute Gasteiger partial charge is 0.00191 e.